The molecule has 0 N–H and O–H groups in total. The summed E-state index contributed by atoms with van der Waals surface area (Å²) in [7, 11) is 0. The minimum absolute atomic E-state index is 0.00421. The van der Waals surface area contributed by atoms with E-state index >= 15 is 0 Å². The van der Waals surface area contributed by atoms with Crippen molar-refractivity contribution in [3.05, 3.63) is 18.6 Å². The monoisotopic (exact) mass is 205 g/mol. The molecule has 1 fully saturated rings. The summed E-state index contributed by atoms with van der Waals surface area (Å²) < 4.78 is 0. The zero-order chi connectivity index (χ0) is 10.7. The first kappa shape index (κ1) is 10.1. The van der Waals surface area contributed by atoms with Crippen LogP contribution in [0.3, 0.4) is 0 Å². The molecule has 1 saturated heterocycles. The molecule has 1 aliphatic rings. The highest BCUT2D eigenvalue weighted by Crippen LogP contribution is 2.22. The second-order valence-corrected chi connectivity index (χ2v) is 3.88. The smallest absolute Gasteiger partial charge is 0.152 e. The lowest BCUT2D eigenvalue weighted by Crippen LogP contribution is -2.44. The third-order valence-corrected chi connectivity index (χ3v) is 2.82. The first-order valence-corrected chi connectivity index (χ1v) is 5.32. The lowest BCUT2D eigenvalue weighted by Gasteiger charge is -2.34. The molecule has 15 heavy (non-hydrogen) atoms. The summed E-state index contributed by atoms with van der Waals surface area (Å²) in [4.78, 5) is 21.8. The summed E-state index contributed by atoms with van der Waals surface area (Å²) >= 11 is 0. The van der Waals surface area contributed by atoms with Gasteiger partial charge in [-0.2, -0.15) is 0 Å². The zero-order valence-electron chi connectivity index (χ0n) is 8.89. The lowest BCUT2D eigenvalue weighted by molar-refractivity contribution is -0.118. The predicted octanol–water partition coefficient (Wildman–Crippen LogP) is 1.42. The number of hydrogen-bond donors (Lipinski definition) is 0. The normalized spacial score (nSPS) is 21.4. The molecule has 0 aromatic carbocycles. The van der Waals surface area contributed by atoms with Gasteiger partial charge in [-0.05, 0) is 26.2 Å². The quantitative estimate of drug-likeness (QED) is 0.732. The molecule has 0 aliphatic carbocycles. The maximum Gasteiger partial charge on any atom is 0.152 e. The van der Waals surface area contributed by atoms with Gasteiger partial charge in [-0.15, -0.1) is 0 Å². The molecule has 0 spiro atoms. The number of carbonyl (C=O) groups excluding carboxylic acids is 1. The van der Waals surface area contributed by atoms with Crippen LogP contribution in [0, 0.1) is 0 Å². The molecule has 4 heteroatoms. The number of piperidine rings is 1. The molecule has 1 aromatic rings. The molecular formula is C11H15N3O. The molecule has 0 bridgehead atoms. The molecule has 0 saturated carbocycles. The Morgan fingerprint density at radius 2 is 2.33 bits per heavy atom. The first-order chi connectivity index (χ1) is 7.29. The number of Topliss-reactive ketones (excluding diaryl/α,β-unsaturated/α-hetero) is 1. The van der Waals surface area contributed by atoms with Crippen molar-refractivity contribution >= 4 is 11.6 Å². The van der Waals surface area contributed by atoms with Crippen molar-refractivity contribution in [2.45, 2.75) is 32.2 Å². The summed E-state index contributed by atoms with van der Waals surface area (Å²) in [6.07, 6.45) is 8.23. The van der Waals surface area contributed by atoms with Crippen LogP contribution >= 0.6 is 0 Å². The minimum atomic E-state index is -0.00421. The van der Waals surface area contributed by atoms with E-state index in [0.717, 1.165) is 31.6 Å². The van der Waals surface area contributed by atoms with Crippen molar-refractivity contribution in [3.63, 3.8) is 0 Å². The van der Waals surface area contributed by atoms with Gasteiger partial charge in [0.15, 0.2) is 5.78 Å². The average molecular weight is 205 g/mol. The molecule has 0 amide bonds. The number of aromatic nitrogens is 2. The van der Waals surface area contributed by atoms with Crippen LogP contribution in [-0.2, 0) is 4.79 Å². The number of anilines is 1. The van der Waals surface area contributed by atoms with Crippen molar-refractivity contribution in [2.75, 3.05) is 11.4 Å². The summed E-state index contributed by atoms with van der Waals surface area (Å²) in [6.45, 7) is 2.56. The van der Waals surface area contributed by atoms with Crippen molar-refractivity contribution in [2.24, 2.45) is 0 Å². The Hall–Kier alpha value is -1.45. The Morgan fingerprint density at radius 3 is 3.00 bits per heavy atom. The van der Waals surface area contributed by atoms with Crippen LogP contribution in [-0.4, -0.2) is 28.3 Å². The van der Waals surface area contributed by atoms with E-state index in [1.165, 1.54) is 0 Å². The van der Waals surface area contributed by atoms with Crippen molar-refractivity contribution in [1.29, 1.82) is 0 Å². The Morgan fingerprint density at radius 1 is 1.47 bits per heavy atom. The van der Waals surface area contributed by atoms with Gasteiger partial charge in [-0.3, -0.25) is 9.78 Å². The van der Waals surface area contributed by atoms with Crippen LogP contribution in [0.15, 0.2) is 18.6 Å². The van der Waals surface area contributed by atoms with Crippen LogP contribution in [0.2, 0.25) is 0 Å². The summed E-state index contributed by atoms with van der Waals surface area (Å²) in [5, 5.41) is 0. The third-order valence-electron chi connectivity index (χ3n) is 2.82. The van der Waals surface area contributed by atoms with E-state index in [9.17, 15) is 4.79 Å². The van der Waals surface area contributed by atoms with E-state index in [-0.39, 0.29) is 11.8 Å². The number of nitrogens with zero attached hydrogens (tertiary/aromatic N) is 3. The molecule has 4 nitrogen and oxygen atoms in total. The fourth-order valence-corrected chi connectivity index (χ4v) is 2.07. The topological polar surface area (TPSA) is 46.1 Å². The van der Waals surface area contributed by atoms with Gasteiger partial charge in [-0.1, -0.05) is 0 Å². The van der Waals surface area contributed by atoms with Crippen LogP contribution in [0.25, 0.3) is 0 Å². The molecule has 1 unspecified atom stereocenters. The van der Waals surface area contributed by atoms with Gasteiger partial charge in [0.25, 0.3) is 0 Å². The Bertz CT molecular complexity index is 339. The van der Waals surface area contributed by atoms with Gasteiger partial charge in [-0.25, -0.2) is 4.98 Å². The van der Waals surface area contributed by atoms with Gasteiger partial charge < -0.3 is 4.90 Å². The highest BCUT2D eigenvalue weighted by atomic mass is 16.1. The van der Waals surface area contributed by atoms with E-state index in [4.69, 9.17) is 0 Å². The summed E-state index contributed by atoms with van der Waals surface area (Å²) in [5.74, 6) is 1.04. The van der Waals surface area contributed by atoms with Gasteiger partial charge in [0.1, 0.15) is 5.82 Å². The molecule has 0 radical (unpaired) electrons. The maximum absolute atomic E-state index is 11.5. The number of hydrogen-bond acceptors (Lipinski definition) is 4. The second-order valence-electron chi connectivity index (χ2n) is 3.88. The van der Waals surface area contributed by atoms with Crippen LogP contribution < -0.4 is 4.90 Å². The molecule has 2 heterocycles. The van der Waals surface area contributed by atoms with Crippen LogP contribution in [0.5, 0.6) is 0 Å². The van der Waals surface area contributed by atoms with Crippen molar-refractivity contribution in [3.8, 4) is 0 Å². The number of rotatable bonds is 2. The van der Waals surface area contributed by atoms with Crippen LogP contribution in [0.4, 0.5) is 5.82 Å². The van der Waals surface area contributed by atoms with Gasteiger partial charge in [0, 0.05) is 18.9 Å². The highest BCUT2D eigenvalue weighted by Gasteiger charge is 2.26. The van der Waals surface area contributed by atoms with Gasteiger partial charge in [0.2, 0.25) is 0 Å². The van der Waals surface area contributed by atoms with Gasteiger partial charge >= 0.3 is 0 Å². The van der Waals surface area contributed by atoms with E-state index < -0.39 is 0 Å². The Kier molecular flexibility index (Phi) is 2.94. The second kappa shape index (κ2) is 4.38. The van der Waals surface area contributed by atoms with E-state index in [1.807, 2.05) is 0 Å². The summed E-state index contributed by atoms with van der Waals surface area (Å²) in [5.41, 5.74) is 0. The average Bonchev–Trinajstić information content (AvgIpc) is 2.30. The fraction of sp³-hybridized carbons (Fsp3) is 0.545. The standard InChI is InChI=1S/C11H15N3O/c1-9(15)10-4-2-3-7-14(10)11-8-12-5-6-13-11/h5-6,8,10H,2-4,7H2,1H3. The molecule has 1 aromatic heterocycles. The fourth-order valence-electron chi connectivity index (χ4n) is 2.07. The number of carbonyl (C=O) groups is 1. The van der Waals surface area contributed by atoms with Crippen molar-refractivity contribution in [1.82, 2.24) is 9.97 Å². The van der Waals surface area contributed by atoms with Gasteiger partial charge in [0.05, 0.1) is 12.2 Å². The highest BCUT2D eigenvalue weighted by molar-refractivity contribution is 5.84. The number of ketones is 1. The minimum Gasteiger partial charge on any atom is -0.345 e. The largest absolute Gasteiger partial charge is 0.345 e. The first-order valence-electron chi connectivity index (χ1n) is 5.32. The Balaban J connectivity index is 2.22. The predicted molar refractivity (Wildman–Crippen MR) is 57.7 cm³/mol. The SMILES string of the molecule is CC(=O)C1CCCCN1c1cnccn1. The molecule has 1 atom stereocenters. The molecular weight excluding hydrogens is 190 g/mol. The zero-order valence-corrected chi connectivity index (χ0v) is 8.89. The summed E-state index contributed by atoms with van der Waals surface area (Å²) in [6, 6.07) is -0.00421. The van der Waals surface area contributed by atoms with Crippen molar-refractivity contribution < 1.29 is 4.79 Å². The molecule has 1 aliphatic heterocycles. The molecule has 2 rings (SSSR count). The third kappa shape index (κ3) is 2.14. The maximum atomic E-state index is 11.5. The van der Waals surface area contributed by atoms with E-state index in [2.05, 4.69) is 14.9 Å². The van der Waals surface area contributed by atoms with E-state index in [0.29, 0.717) is 0 Å². The van der Waals surface area contributed by atoms with E-state index in [1.54, 1.807) is 25.5 Å². The lowest BCUT2D eigenvalue weighted by atomic mass is 9.99. The van der Waals surface area contributed by atoms with Crippen LogP contribution in [0.1, 0.15) is 26.2 Å². The Labute approximate surface area is 89.3 Å². The molecule has 80 valence electrons.